The van der Waals surface area contributed by atoms with Gasteiger partial charge in [-0.3, -0.25) is 4.90 Å². The molecule has 2 rings (SSSR count). The Balaban J connectivity index is 0.00000220. The number of hydrogen-bond donors (Lipinski definition) is 1. The average molecular weight is 309 g/mol. The van der Waals surface area contributed by atoms with E-state index in [1.165, 1.54) is 11.6 Å². The first-order valence-corrected chi connectivity index (χ1v) is 6.99. The second kappa shape index (κ2) is 9.50. The van der Waals surface area contributed by atoms with Crippen LogP contribution in [0.5, 0.6) is 0 Å². The Bertz CT molecular complexity index is 519. The zero-order valence-electron chi connectivity index (χ0n) is 12.0. The Hall–Kier alpha value is -1.42. The van der Waals surface area contributed by atoms with Gasteiger partial charge in [-0.25, -0.2) is 4.39 Å². The molecular weight excluding hydrogens is 287 g/mol. The Kier molecular flexibility index (Phi) is 7.98. The van der Waals surface area contributed by atoms with Crippen LogP contribution in [0.3, 0.4) is 0 Å². The zero-order chi connectivity index (χ0) is 14.2. The minimum absolute atomic E-state index is 0. The molecule has 2 nitrogen and oxygen atoms in total. The lowest BCUT2D eigenvalue weighted by Gasteiger charge is -2.22. The number of nitrogens with zero attached hydrogens (tertiary/aromatic N) is 1. The van der Waals surface area contributed by atoms with Crippen molar-refractivity contribution in [3.8, 4) is 0 Å². The van der Waals surface area contributed by atoms with E-state index >= 15 is 0 Å². The third-order valence-corrected chi connectivity index (χ3v) is 3.36. The van der Waals surface area contributed by atoms with Crippen LogP contribution in [0.25, 0.3) is 0 Å². The highest BCUT2D eigenvalue weighted by atomic mass is 35.5. The van der Waals surface area contributed by atoms with E-state index in [-0.39, 0.29) is 18.2 Å². The Morgan fingerprint density at radius 1 is 0.905 bits per heavy atom. The molecule has 2 aromatic rings. The largest absolute Gasteiger partial charge is 0.329 e. The van der Waals surface area contributed by atoms with Crippen LogP contribution in [-0.2, 0) is 13.0 Å². The molecule has 2 aromatic carbocycles. The molecule has 0 saturated heterocycles. The van der Waals surface area contributed by atoms with Gasteiger partial charge < -0.3 is 5.73 Å². The van der Waals surface area contributed by atoms with Gasteiger partial charge in [0.25, 0.3) is 0 Å². The number of halogens is 2. The summed E-state index contributed by atoms with van der Waals surface area (Å²) in [5, 5.41) is 0. The highest BCUT2D eigenvalue weighted by Crippen LogP contribution is 2.10. The molecule has 114 valence electrons. The summed E-state index contributed by atoms with van der Waals surface area (Å²) in [6, 6.07) is 17.3. The number of benzene rings is 2. The number of hydrogen-bond acceptors (Lipinski definition) is 2. The third-order valence-electron chi connectivity index (χ3n) is 3.36. The monoisotopic (exact) mass is 308 g/mol. The van der Waals surface area contributed by atoms with E-state index in [1.54, 1.807) is 6.07 Å². The Morgan fingerprint density at radius 2 is 1.57 bits per heavy atom. The van der Waals surface area contributed by atoms with Crippen LogP contribution in [0.1, 0.15) is 11.1 Å². The maximum absolute atomic E-state index is 13.7. The summed E-state index contributed by atoms with van der Waals surface area (Å²) in [7, 11) is 0. The molecule has 0 aliphatic heterocycles. The summed E-state index contributed by atoms with van der Waals surface area (Å²) in [6.45, 7) is 2.86. The van der Waals surface area contributed by atoms with Gasteiger partial charge in [-0.1, -0.05) is 48.5 Å². The second-order valence-corrected chi connectivity index (χ2v) is 4.89. The number of nitrogens with two attached hydrogens (primary N) is 1. The summed E-state index contributed by atoms with van der Waals surface area (Å²) in [5.41, 5.74) is 7.68. The summed E-state index contributed by atoms with van der Waals surface area (Å²) < 4.78 is 13.7. The van der Waals surface area contributed by atoms with Crippen molar-refractivity contribution in [3.05, 3.63) is 71.5 Å². The molecule has 0 unspecified atom stereocenters. The summed E-state index contributed by atoms with van der Waals surface area (Å²) in [6.07, 6.45) is 0.954. The second-order valence-electron chi connectivity index (χ2n) is 4.89. The van der Waals surface area contributed by atoms with Crippen LogP contribution >= 0.6 is 12.4 Å². The van der Waals surface area contributed by atoms with Crippen molar-refractivity contribution in [2.24, 2.45) is 5.73 Å². The summed E-state index contributed by atoms with van der Waals surface area (Å²) >= 11 is 0. The van der Waals surface area contributed by atoms with Crippen LogP contribution in [0.2, 0.25) is 0 Å². The van der Waals surface area contributed by atoms with E-state index in [2.05, 4.69) is 17.0 Å². The molecule has 0 spiro atoms. The fourth-order valence-corrected chi connectivity index (χ4v) is 2.25. The zero-order valence-corrected chi connectivity index (χ0v) is 12.9. The summed E-state index contributed by atoms with van der Waals surface area (Å²) in [4.78, 5) is 2.20. The minimum atomic E-state index is -0.144. The molecule has 0 aliphatic rings. The van der Waals surface area contributed by atoms with Gasteiger partial charge in [-0.15, -0.1) is 12.4 Å². The fraction of sp³-hybridized carbons (Fsp3) is 0.294. The van der Waals surface area contributed by atoms with Crippen molar-refractivity contribution in [1.82, 2.24) is 4.90 Å². The van der Waals surface area contributed by atoms with E-state index in [1.807, 2.05) is 30.3 Å². The molecule has 0 atom stereocenters. The lowest BCUT2D eigenvalue weighted by atomic mass is 10.1. The molecule has 0 fully saturated rings. The van der Waals surface area contributed by atoms with Crippen LogP contribution in [-0.4, -0.2) is 24.5 Å². The van der Waals surface area contributed by atoms with E-state index in [4.69, 9.17) is 5.73 Å². The average Bonchev–Trinajstić information content (AvgIpc) is 2.48. The molecule has 0 aliphatic carbocycles. The third kappa shape index (κ3) is 5.84. The van der Waals surface area contributed by atoms with Crippen molar-refractivity contribution in [2.75, 3.05) is 19.6 Å². The standard InChI is InChI=1S/C17H21FN2.ClH/c18-17-9-5-4-8-16(17)14-20(13-11-19)12-10-15-6-2-1-3-7-15;/h1-9H,10-14,19H2;1H. The lowest BCUT2D eigenvalue weighted by Crippen LogP contribution is -2.31. The molecule has 0 heterocycles. The van der Waals surface area contributed by atoms with Crippen molar-refractivity contribution in [2.45, 2.75) is 13.0 Å². The van der Waals surface area contributed by atoms with Crippen LogP contribution in [0.15, 0.2) is 54.6 Å². The Morgan fingerprint density at radius 3 is 2.24 bits per heavy atom. The normalized spacial score (nSPS) is 10.4. The van der Waals surface area contributed by atoms with E-state index in [0.717, 1.165) is 25.1 Å². The van der Waals surface area contributed by atoms with Gasteiger partial charge in [0.05, 0.1) is 0 Å². The van der Waals surface area contributed by atoms with Crippen molar-refractivity contribution in [1.29, 1.82) is 0 Å². The molecule has 0 saturated carbocycles. The first-order chi connectivity index (χ1) is 9.79. The van der Waals surface area contributed by atoms with Gasteiger partial charge in [0.2, 0.25) is 0 Å². The van der Waals surface area contributed by atoms with Crippen molar-refractivity contribution < 1.29 is 4.39 Å². The molecule has 0 radical (unpaired) electrons. The maximum atomic E-state index is 13.7. The molecular formula is C17H22ClFN2. The first-order valence-electron chi connectivity index (χ1n) is 6.99. The molecule has 4 heteroatoms. The lowest BCUT2D eigenvalue weighted by molar-refractivity contribution is 0.272. The van der Waals surface area contributed by atoms with Crippen LogP contribution in [0, 0.1) is 5.82 Å². The van der Waals surface area contributed by atoms with E-state index in [9.17, 15) is 4.39 Å². The van der Waals surface area contributed by atoms with Gasteiger partial charge in [0.15, 0.2) is 0 Å². The molecule has 21 heavy (non-hydrogen) atoms. The quantitative estimate of drug-likeness (QED) is 0.851. The summed E-state index contributed by atoms with van der Waals surface area (Å²) in [5.74, 6) is -0.144. The van der Waals surface area contributed by atoms with Crippen LogP contribution < -0.4 is 5.73 Å². The fourth-order valence-electron chi connectivity index (χ4n) is 2.25. The molecule has 2 N–H and O–H groups in total. The molecule has 0 amide bonds. The maximum Gasteiger partial charge on any atom is 0.127 e. The van der Waals surface area contributed by atoms with Crippen LogP contribution in [0.4, 0.5) is 4.39 Å². The Labute approximate surface area is 132 Å². The van der Waals surface area contributed by atoms with Gasteiger partial charge in [-0.2, -0.15) is 0 Å². The number of rotatable bonds is 7. The molecule has 0 bridgehead atoms. The van der Waals surface area contributed by atoms with Gasteiger partial charge in [-0.05, 0) is 18.1 Å². The molecule has 0 aromatic heterocycles. The van der Waals surface area contributed by atoms with Gasteiger partial charge in [0.1, 0.15) is 5.82 Å². The smallest absolute Gasteiger partial charge is 0.127 e. The van der Waals surface area contributed by atoms with Crippen molar-refractivity contribution in [3.63, 3.8) is 0 Å². The van der Waals surface area contributed by atoms with E-state index < -0.39 is 0 Å². The van der Waals surface area contributed by atoms with Gasteiger partial charge >= 0.3 is 0 Å². The highest BCUT2D eigenvalue weighted by molar-refractivity contribution is 5.85. The predicted molar refractivity (Wildman–Crippen MR) is 88.1 cm³/mol. The highest BCUT2D eigenvalue weighted by Gasteiger charge is 2.08. The van der Waals surface area contributed by atoms with Gasteiger partial charge in [0, 0.05) is 31.7 Å². The van der Waals surface area contributed by atoms with E-state index in [0.29, 0.717) is 13.1 Å². The van der Waals surface area contributed by atoms with Crippen molar-refractivity contribution >= 4 is 12.4 Å². The predicted octanol–water partition coefficient (Wildman–Crippen LogP) is 3.25. The first kappa shape index (κ1) is 17.6. The SMILES string of the molecule is Cl.NCCN(CCc1ccccc1)Cc1ccccc1F. The topological polar surface area (TPSA) is 29.3 Å². The minimum Gasteiger partial charge on any atom is -0.329 e.